The van der Waals surface area contributed by atoms with Gasteiger partial charge in [-0.1, -0.05) is 36.4 Å². The highest BCUT2D eigenvalue weighted by molar-refractivity contribution is 7.80. The molecule has 1 aromatic heterocycles. The fourth-order valence-corrected chi connectivity index (χ4v) is 2.46. The smallest absolute Gasteiger partial charge is 0.287 e. The average molecular weight is 327 g/mol. The van der Waals surface area contributed by atoms with Crippen LogP contribution in [0, 0.1) is 0 Å². The Morgan fingerprint density at radius 1 is 1.09 bits per heavy atom. The molecule has 0 saturated heterocycles. The molecule has 0 spiro atoms. The summed E-state index contributed by atoms with van der Waals surface area (Å²) >= 11 is 4.10. The Bertz CT molecular complexity index is 798. The van der Waals surface area contributed by atoms with Gasteiger partial charge in [0.05, 0.1) is 0 Å². The fraction of sp³-hybridized carbons (Fsp3) is 0.167. The van der Waals surface area contributed by atoms with E-state index in [1.807, 2.05) is 54.6 Å². The fourth-order valence-electron chi connectivity index (χ4n) is 2.35. The number of carbonyl (C=O) groups excluding carboxylic acids is 1. The summed E-state index contributed by atoms with van der Waals surface area (Å²) in [5.74, 6) is 1.37. The maximum atomic E-state index is 12.3. The molecule has 0 fully saturated rings. The second kappa shape index (κ2) is 7.24. The number of furan rings is 1. The number of benzene rings is 2. The van der Waals surface area contributed by atoms with Crippen molar-refractivity contribution in [3.8, 4) is 5.75 Å². The number of thiol groups is 1. The van der Waals surface area contributed by atoms with E-state index >= 15 is 0 Å². The summed E-state index contributed by atoms with van der Waals surface area (Å²) in [5.41, 5.74) is 1.43. The molecule has 1 N–H and O–H groups in total. The molecule has 4 nitrogen and oxygen atoms in total. The zero-order valence-electron chi connectivity index (χ0n) is 12.5. The lowest BCUT2D eigenvalue weighted by atomic mass is 10.1. The van der Waals surface area contributed by atoms with Crippen molar-refractivity contribution in [2.45, 2.75) is 6.61 Å². The van der Waals surface area contributed by atoms with Gasteiger partial charge >= 0.3 is 0 Å². The second-order valence-electron chi connectivity index (χ2n) is 4.99. The number of fused-ring (bicyclic) bond motifs is 1. The molecule has 5 heteroatoms. The van der Waals surface area contributed by atoms with E-state index in [-0.39, 0.29) is 12.5 Å². The van der Waals surface area contributed by atoms with Gasteiger partial charge in [-0.3, -0.25) is 4.79 Å². The van der Waals surface area contributed by atoms with Crippen LogP contribution in [-0.4, -0.2) is 18.2 Å². The Labute approximate surface area is 139 Å². The number of nitrogens with one attached hydrogen (secondary N) is 1. The van der Waals surface area contributed by atoms with Crippen LogP contribution in [0.4, 0.5) is 0 Å². The molecule has 23 heavy (non-hydrogen) atoms. The monoisotopic (exact) mass is 327 g/mol. The molecule has 3 rings (SSSR count). The van der Waals surface area contributed by atoms with Crippen molar-refractivity contribution in [2.24, 2.45) is 0 Å². The van der Waals surface area contributed by atoms with Crippen molar-refractivity contribution in [1.29, 1.82) is 0 Å². The van der Waals surface area contributed by atoms with Gasteiger partial charge in [-0.2, -0.15) is 12.6 Å². The number of rotatable bonds is 6. The quantitative estimate of drug-likeness (QED) is 0.679. The van der Waals surface area contributed by atoms with Gasteiger partial charge in [0.25, 0.3) is 5.91 Å². The Balaban J connectivity index is 1.91. The SMILES string of the molecule is O=C(NCCS)c1oc2ccccc2c1COc1ccccc1. The topological polar surface area (TPSA) is 51.5 Å². The van der Waals surface area contributed by atoms with E-state index in [1.165, 1.54) is 0 Å². The van der Waals surface area contributed by atoms with Crippen molar-refractivity contribution in [2.75, 3.05) is 12.3 Å². The first-order chi connectivity index (χ1) is 11.3. The lowest BCUT2D eigenvalue weighted by molar-refractivity contribution is 0.0927. The third-order valence-corrected chi connectivity index (χ3v) is 3.65. The highest BCUT2D eigenvalue weighted by Crippen LogP contribution is 2.27. The Morgan fingerprint density at radius 3 is 2.61 bits per heavy atom. The van der Waals surface area contributed by atoms with Crippen LogP contribution in [0.5, 0.6) is 5.75 Å². The molecule has 0 saturated carbocycles. The van der Waals surface area contributed by atoms with Crippen LogP contribution in [0.2, 0.25) is 0 Å². The molecule has 0 aliphatic rings. The van der Waals surface area contributed by atoms with Crippen molar-refractivity contribution in [3.05, 3.63) is 65.9 Å². The molecule has 118 valence electrons. The molecule has 3 aromatic rings. The van der Waals surface area contributed by atoms with E-state index < -0.39 is 0 Å². The van der Waals surface area contributed by atoms with E-state index in [0.717, 1.165) is 16.7 Å². The summed E-state index contributed by atoms with van der Waals surface area (Å²) < 4.78 is 11.5. The average Bonchev–Trinajstić information content (AvgIpc) is 2.97. The minimum Gasteiger partial charge on any atom is -0.489 e. The van der Waals surface area contributed by atoms with Crippen LogP contribution in [0.15, 0.2) is 59.0 Å². The zero-order valence-corrected chi connectivity index (χ0v) is 13.4. The maximum Gasteiger partial charge on any atom is 0.287 e. The summed E-state index contributed by atoms with van der Waals surface area (Å²) in [6.07, 6.45) is 0. The van der Waals surface area contributed by atoms with Gasteiger partial charge in [-0.25, -0.2) is 0 Å². The first-order valence-corrected chi connectivity index (χ1v) is 8.00. The number of para-hydroxylation sites is 2. The third-order valence-electron chi connectivity index (χ3n) is 3.43. The van der Waals surface area contributed by atoms with E-state index in [9.17, 15) is 4.79 Å². The number of hydrogen-bond acceptors (Lipinski definition) is 4. The molecule has 0 radical (unpaired) electrons. The van der Waals surface area contributed by atoms with Crippen molar-refractivity contribution in [3.63, 3.8) is 0 Å². The highest BCUT2D eigenvalue weighted by Gasteiger charge is 2.20. The minimum atomic E-state index is -0.248. The lowest BCUT2D eigenvalue weighted by Gasteiger charge is -2.07. The van der Waals surface area contributed by atoms with Crippen molar-refractivity contribution < 1.29 is 13.9 Å². The van der Waals surface area contributed by atoms with Crippen molar-refractivity contribution in [1.82, 2.24) is 5.32 Å². The summed E-state index contributed by atoms with van der Waals surface area (Å²) in [6.45, 7) is 0.753. The maximum absolute atomic E-state index is 12.3. The highest BCUT2D eigenvalue weighted by atomic mass is 32.1. The summed E-state index contributed by atoms with van der Waals surface area (Å²) in [6, 6.07) is 17.1. The first kappa shape index (κ1) is 15.5. The number of amides is 1. The van der Waals surface area contributed by atoms with E-state index in [4.69, 9.17) is 9.15 Å². The Morgan fingerprint density at radius 2 is 1.83 bits per heavy atom. The molecule has 0 atom stereocenters. The van der Waals surface area contributed by atoms with Gasteiger partial charge in [0, 0.05) is 23.2 Å². The number of carbonyl (C=O) groups is 1. The van der Waals surface area contributed by atoms with E-state index in [1.54, 1.807) is 0 Å². The minimum absolute atomic E-state index is 0.248. The van der Waals surface area contributed by atoms with Gasteiger partial charge in [-0.15, -0.1) is 0 Å². The van der Waals surface area contributed by atoms with Crippen LogP contribution < -0.4 is 10.1 Å². The summed E-state index contributed by atoms with van der Waals surface area (Å²) in [7, 11) is 0. The molecule has 1 amide bonds. The number of ether oxygens (including phenoxy) is 1. The molecule has 0 aliphatic heterocycles. The lowest BCUT2D eigenvalue weighted by Crippen LogP contribution is -2.26. The van der Waals surface area contributed by atoms with Gasteiger partial charge in [0.15, 0.2) is 5.76 Å². The van der Waals surface area contributed by atoms with Gasteiger partial charge in [0.2, 0.25) is 0 Å². The molecule has 0 unspecified atom stereocenters. The standard InChI is InChI=1S/C18H17NO3S/c20-18(19-10-11-23)17-15(12-21-13-6-2-1-3-7-13)14-8-4-5-9-16(14)22-17/h1-9,23H,10-12H2,(H,19,20). The third kappa shape index (κ3) is 3.51. The van der Waals surface area contributed by atoms with E-state index in [2.05, 4.69) is 17.9 Å². The largest absolute Gasteiger partial charge is 0.489 e. The normalized spacial score (nSPS) is 10.7. The second-order valence-corrected chi connectivity index (χ2v) is 5.43. The first-order valence-electron chi connectivity index (χ1n) is 7.37. The molecule has 0 bridgehead atoms. The van der Waals surface area contributed by atoms with Gasteiger partial charge < -0.3 is 14.5 Å². The molecule has 1 heterocycles. The number of hydrogen-bond donors (Lipinski definition) is 2. The van der Waals surface area contributed by atoms with Gasteiger partial charge in [0.1, 0.15) is 17.9 Å². The van der Waals surface area contributed by atoms with Gasteiger partial charge in [-0.05, 0) is 18.2 Å². The molecule has 2 aromatic carbocycles. The molecular formula is C18H17NO3S. The zero-order chi connectivity index (χ0) is 16.1. The van der Waals surface area contributed by atoms with Crippen LogP contribution in [0.25, 0.3) is 11.0 Å². The molecule has 0 aliphatic carbocycles. The Hall–Kier alpha value is -2.40. The van der Waals surface area contributed by atoms with E-state index in [0.29, 0.717) is 23.6 Å². The summed E-state index contributed by atoms with van der Waals surface area (Å²) in [4.78, 5) is 12.3. The predicted octanol–water partition coefficient (Wildman–Crippen LogP) is 3.67. The summed E-state index contributed by atoms with van der Waals surface area (Å²) in [5, 5.41) is 3.67. The van der Waals surface area contributed by atoms with Crippen molar-refractivity contribution >= 4 is 29.5 Å². The Kier molecular flexibility index (Phi) is 4.88. The van der Waals surface area contributed by atoms with Crippen LogP contribution in [-0.2, 0) is 6.61 Å². The molecular weight excluding hydrogens is 310 g/mol. The van der Waals surface area contributed by atoms with Crippen LogP contribution in [0.1, 0.15) is 16.1 Å². The predicted molar refractivity (Wildman–Crippen MR) is 93.2 cm³/mol. The van der Waals surface area contributed by atoms with Crippen LogP contribution >= 0.6 is 12.6 Å². The van der Waals surface area contributed by atoms with Crippen LogP contribution in [0.3, 0.4) is 0 Å².